The average molecular weight is 682 g/mol. The van der Waals surface area contributed by atoms with E-state index in [4.69, 9.17) is 23.7 Å². The summed E-state index contributed by atoms with van der Waals surface area (Å²) in [5.41, 5.74) is -7.40. The lowest BCUT2D eigenvalue weighted by Gasteiger charge is -2.63. The highest BCUT2D eigenvalue weighted by Gasteiger charge is 2.80. The molecule has 4 aliphatic carbocycles. The van der Waals surface area contributed by atoms with E-state index in [1.807, 2.05) is 0 Å². The third-order valence-corrected chi connectivity index (χ3v) is 11.1. The van der Waals surface area contributed by atoms with Crippen LogP contribution in [0.5, 0.6) is 0 Å². The minimum Gasteiger partial charge on any atom is -0.444 e. The number of halogens is 2. The lowest BCUT2D eigenvalue weighted by Crippen LogP contribution is -2.71. The fourth-order valence-corrected chi connectivity index (χ4v) is 9.14. The first kappa shape index (κ1) is 36.4. The highest BCUT2D eigenvalue weighted by molar-refractivity contribution is 6.01. The molecule has 13 heteroatoms. The van der Waals surface area contributed by atoms with Crippen LogP contribution < -0.4 is 5.32 Å². The molecule has 48 heavy (non-hydrogen) atoms. The Hall–Kier alpha value is -2.90. The molecule has 11 nitrogen and oxygen atoms in total. The minimum absolute atomic E-state index is 0.0124. The maximum Gasteiger partial charge on any atom is 0.508 e. The van der Waals surface area contributed by atoms with Crippen LogP contribution in [0.2, 0.25) is 0 Å². The van der Waals surface area contributed by atoms with Crippen molar-refractivity contribution in [2.75, 3.05) is 19.8 Å². The Kier molecular flexibility index (Phi) is 9.44. The first-order valence-electron chi connectivity index (χ1n) is 16.8. The molecular formula is C35H49F2NO10. The molecule has 0 bridgehead atoms. The maximum atomic E-state index is 17.6. The Labute approximate surface area is 280 Å². The van der Waals surface area contributed by atoms with Crippen molar-refractivity contribution in [2.45, 2.75) is 128 Å². The van der Waals surface area contributed by atoms with Crippen molar-refractivity contribution in [3.8, 4) is 0 Å². The molecule has 268 valence electrons. The summed E-state index contributed by atoms with van der Waals surface area (Å²) in [6.07, 6.45) is -0.537. The molecule has 5 rings (SSSR count). The zero-order valence-corrected chi connectivity index (χ0v) is 28.9. The number of hydrogen-bond acceptors (Lipinski definition) is 10. The third kappa shape index (κ3) is 5.97. The molecule has 0 aromatic rings. The molecule has 3 saturated carbocycles. The van der Waals surface area contributed by atoms with Gasteiger partial charge in [-0.1, -0.05) is 13.0 Å². The summed E-state index contributed by atoms with van der Waals surface area (Å²) in [6.45, 7) is 11.6. The van der Waals surface area contributed by atoms with Crippen molar-refractivity contribution in [1.82, 2.24) is 5.32 Å². The number of carbonyl (C=O) groups is 4. The second-order valence-electron chi connectivity index (χ2n) is 15.7. The van der Waals surface area contributed by atoms with Gasteiger partial charge >= 0.3 is 12.2 Å². The largest absolute Gasteiger partial charge is 0.508 e. The van der Waals surface area contributed by atoms with E-state index < -0.39 is 94.1 Å². The standard InChI is InChI=1S/C35H49F2NO10/c1-30(2,3)47-28(42)38-13-9-8-10-14-44-29(43)45-19-26(41)35-27(46-31(4,5)48-35)17-21-22-16-24(36)23-15-20(39)11-12-32(23,6)34(22,37)25(40)18-33(21,35)7/h11-12,15,21-22,24-25,27,40H,8-10,13-14,16-19H2,1-7H3,(H,38,42)/t21-,22-,24-,25-,27+,32-,33-,34-,35+/m0/s1. The summed E-state index contributed by atoms with van der Waals surface area (Å²) >= 11 is 0. The van der Waals surface area contributed by atoms with Gasteiger partial charge in [0.2, 0.25) is 5.78 Å². The van der Waals surface area contributed by atoms with Crippen molar-refractivity contribution < 1.29 is 56.7 Å². The molecule has 1 saturated heterocycles. The molecule has 0 aromatic carbocycles. The summed E-state index contributed by atoms with van der Waals surface area (Å²) in [5.74, 6) is -3.94. The Balaban J connectivity index is 1.23. The normalized spacial score (nSPS) is 39.3. The SMILES string of the molecule is CC(C)(C)OC(=O)NCCCCCOC(=O)OCC(=O)[C@@]12OC(C)(C)O[C@@H]1C[C@H]1[C@@H]3C[C@H](F)C4=CC(=O)C=C[C@]4(C)[C@@]3(F)[C@@H](O)C[C@@]12C. The number of Topliss-reactive ketones (excluding diaryl/α,β-unsaturated/α-hetero) is 1. The molecule has 1 aliphatic heterocycles. The number of amides is 1. The van der Waals surface area contributed by atoms with Crippen LogP contribution >= 0.6 is 0 Å². The van der Waals surface area contributed by atoms with E-state index in [1.165, 1.54) is 19.1 Å². The summed E-state index contributed by atoms with van der Waals surface area (Å²) in [5, 5.41) is 14.3. The topological polar surface area (TPSA) is 147 Å². The van der Waals surface area contributed by atoms with E-state index >= 15 is 8.78 Å². The van der Waals surface area contributed by atoms with Crippen LogP contribution in [0.3, 0.4) is 0 Å². The van der Waals surface area contributed by atoms with Crippen LogP contribution in [-0.2, 0) is 33.3 Å². The highest BCUT2D eigenvalue weighted by atomic mass is 19.1. The lowest BCUT2D eigenvalue weighted by atomic mass is 9.44. The Morgan fingerprint density at radius 1 is 1.06 bits per heavy atom. The number of ketones is 2. The second-order valence-corrected chi connectivity index (χ2v) is 15.7. The molecule has 1 heterocycles. The predicted octanol–water partition coefficient (Wildman–Crippen LogP) is 5.22. The highest BCUT2D eigenvalue weighted by Crippen LogP contribution is 2.72. The van der Waals surface area contributed by atoms with Gasteiger partial charge in [-0.2, -0.15) is 0 Å². The van der Waals surface area contributed by atoms with Gasteiger partial charge in [0.25, 0.3) is 0 Å². The van der Waals surface area contributed by atoms with Gasteiger partial charge in [0.1, 0.15) is 11.8 Å². The first-order chi connectivity index (χ1) is 22.2. The van der Waals surface area contributed by atoms with Crippen LogP contribution in [0.1, 0.15) is 87.0 Å². The van der Waals surface area contributed by atoms with Crippen molar-refractivity contribution in [2.24, 2.45) is 22.7 Å². The van der Waals surface area contributed by atoms with Crippen molar-refractivity contribution in [3.63, 3.8) is 0 Å². The van der Waals surface area contributed by atoms with E-state index in [0.29, 0.717) is 25.8 Å². The van der Waals surface area contributed by atoms with Gasteiger partial charge in [-0.05, 0) is 104 Å². The molecule has 5 aliphatic rings. The molecule has 0 spiro atoms. The summed E-state index contributed by atoms with van der Waals surface area (Å²) in [6, 6.07) is 0. The fraction of sp³-hybridized carbons (Fsp3) is 0.771. The Morgan fingerprint density at radius 2 is 1.77 bits per heavy atom. The average Bonchev–Trinajstić information content (AvgIpc) is 3.38. The van der Waals surface area contributed by atoms with Crippen LogP contribution in [0.25, 0.3) is 0 Å². The quantitative estimate of drug-likeness (QED) is 0.245. The van der Waals surface area contributed by atoms with Gasteiger partial charge in [0.15, 0.2) is 29.4 Å². The Bertz CT molecular complexity index is 1390. The number of alkyl halides is 2. The van der Waals surface area contributed by atoms with Crippen LogP contribution in [0, 0.1) is 22.7 Å². The molecule has 0 unspecified atom stereocenters. The van der Waals surface area contributed by atoms with E-state index in [1.54, 1.807) is 41.5 Å². The van der Waals surface area contributed by atoms with Crippen LogP contribution in [0.4, 0.5) is 18.4 Å². The lowest BCUT2D eigenvalue weighted by molar-refractivity contribution is -0.249. The van der Waals surface area contributed by atoms with Crippen molar-refractivity contribution in [3.05, 3.63) is 23.8 Å². The number of aliphatic hydroxyl groups is 1. The third-order valence-electron chi connectivity index (χ3n) is 11.1. The van der Waals surface area contributed by atoms with Gasteiger partial charge in [0, 0.05) is 23.3 Å². The number of nitrogens with one attached hydrogen (secondary N) is 1. The van der Waals surface area contributed by atoms with E-state index in [-0.39, 0.29) is 31.4 Å². The molecule has 2 N–H and O–H groups in total. The molecule has 0 aromatic heterocycles. The van der Waals surface area contributed by atoms with E-state index in [0.717, 1.165) is 6.08 Å². The molecule has 0 radical (unpaired) electrons. The number of unbranched alkanes of at least 4 members (excludes halogenated alkanes) is 2. The monoisotopic (exact) mass is 681 g/mol. The zero-order chi connectivity index (χ0) is 35.5. The number of aliphatic hydroxyl groups excluding tert-OH is 1. The van der Waals surface area contributed by atoms with Gasteiger partial charge in [-0.15, -0.1) is 0 Å². The minimum atomic E-state index is -2.33. The summed E-state index contributed by atoms with van der Waals surface area (Å²) in [4.78, 5) is 50.4. The van der Waals surface area contributed by atoms with Gasteiger partial charge in [-0.25, -0.2) is 18.4 Å². The van der Waals surface area contributed by atoms with Gasteiger partial charge in [0.05, 0.1) is 18.8 Å². The van der Waals surface area contributed by atoms with Crippen molar-refractivity contribution >= 4 is 23.8 Å². The second kappa shape index (κ2) is 12.5. The zero-order valence-electron chi connectivity index (χ0n) is 28.9. The number of carbonyl (C=O) groups excluding carboxylic acids is 4. The molecule has 4 fully saturated rings. The van der Waals surface area contributed by atoms with Crippen molar-refractivity contribution in [1.29, 1.82) is 0 Å². The maximum absolute atomic E-state index is 17.6. The number of allylic oxidation sites excluding steroid dienone is 4. The van der Waals surface area contributed by atoms with Crippen LogP contribution in [-0.4, -0.2) is 89.7 Å². The smallest absolute Gasteiger partial charge is 0.444 e. The summed E-state index contributed by atoms with van der Waals surface area (Å²) in [7, 11) is 0. The predicted molar refractivity (Wildman–Crippen MR) is 167 cm³/mol. The molecule has 9 atom stereocenters. The fourth-order valence-electron chi connectivity index (χ4n) is 9.14. The number of ether oxygens (including phenoxy) is 5. The van der Waals surface area contributed by atoms with E-state index in [2.05, 4.69) is 5.32 Å². The Morgan fingerprint density at radius 3 is 2.46 bits per heavy atom. The van der Waals surface area contributed by atoms with E-state index in [9.17, 15) is 24.3 Å². The van der Waals surface area contributed by atoms with Gasteiger partial charge in [-0.3, -0.25) is 9.59 Å². The molecular weight excluding hydrogens is 632 g/mol. The number of alkyl carbamates (subject to hydrolysis) is 1. The number of hydrogen-bond donors (Lipinski definition) is 2. The number of rotatable bonds is 9. The summed E-state index contributed by atoms with van der Waals surface area (Å²) < 4.78 is 61.5. The van der Waals surface area contributed by atoms with Gasteiger partial charge < -0.3 is 34.1 Å². The molecule has 1 amide bonds. The number of fused-ring (bicyclic) bond motifs is 7. The first-order valence-corrected chi connectivity index (χ1v) is 16.8. The van der Waals surface area contributed by atoms with Crippen LogP contribution in [0.15, 0.2) is 23.8 Å².